The Morgan fingerprint density at radius 2 is 2.00 bits per heavy atom. The zero-order valence-corrected chi connectivity index (χ0v) is 8.75. The Kier molecular flexibility index (Phi) is 3.09. The van der Waals surface area contributed by atoms with Gasteiger partial charge in [-0.25, -0.2) is 0 Å². The quantitative estimate of drug-likeness (QED) is 0.662. The highest BCUT2D eigenvalue weighted by atomic mass is 14.3. The lowest BCUT2D eigenvalue weighted by molar-refractivity contribution is 0.621. The van der Waals surface area contributed by atoms with E-state index in [1.807, 2.05) is 38.1 Å². The monoisotopic (exact) mass is 185 g/mol. The molecule has 0 radical (unpaired) electrons. The molecule has 14 heavy (non-hydrogen) atoms. The maximum Gasteiger partial charge on any atom is 0.0828 e. The molecule has 0 saturated carbocycles. The number of nitriles is 1. The summed E-state index contributed by atoms with van der Waals surface area (Å²) in [6, 6.07) is 10.4. The molecule has 1 nitrogen and oxygen atoms in total. The lowest BCUT2D eigenvalue weighted by atomic mass is 9.81. The van der Waals surface area contributed by atoms with Gasteiger partial charge in [0.15, 0.2) is 0 Å². The number of rotatable bonds is 3. The van der Waals surface area contributed by atoms with Gasteiger partial charge in [-0.15, -0.1) is 6.58 Å². The van der Waals surface area contributed by atoms with E-state index in [1.54, 1.807) is 6.08 Å². The third-order valence-corrected chi connectivity index (χ3v) is 2.49. The van der Waals surface area contributed by atoms with E-state index in [4.69, 9.17) is 5.26 Å². The molecule has 72 valence electrons. The van der Waals surface area contributed by atoms with Crippen molar-refractivity contribution in [2.24, 2.45) is 0 Å². The second kappa shape index (κ2) is 4.11. The highest BCUT2D eigenvalue weighted by Crippen LogP contribution is 2.27. The molecular formula is C13H15N. The predicted octanol–water partition coefficient (Wildman–Crippen LogP) is 3.35. The molecule has 0 spiro atoms. The van der Waals surface area contributed by atoms with Gasteiger partial charge in [-0.05, 0) is 25.8 Å². The third kappa shape index (κ3) is 2.03. The van der Waals surface area contributed by atoms with Crippen molar-refractivity contribution < 1.29 is 0 Å². The first-order valence-corrected chi connectivity index (χ1v) is 4.72. The topological polar surface area (TPSA) is 23.8 Å². The Labute approximate surface area is 85.7 Å². The summed E-state index contributed by atoms with van der Waals surface area (Å²) in [5.41, 5.74) is 1.84. The van der Waals surface area contributed by atoms with Gasteiger partial charge in [0.25, 0.3) is 0 Å². The van der Waals surface area contributed by atoms with Crippen LogP contribution >= 0.6 is 0 Å². The molecule has 0 aromatic heterocycles. The number of hydrogen-bond acceptors (Lipinski definition) is 1. The van der Waals surface area contributed by atoms with Crippen LogP contribution in [0.2, 0.25) is 0 Å². The van der Waals surface area contributed by atoms with Gasteiger partial charge in [0.1, 0.15) is 0 Å². The molecule has 0 fully saturated rings. The first-order chi connectivity index (χ1) is 6.62. The van der Waals surface area contributed by atoms with Crippen molar-refractivity contribution in [2.75, 3.05) is 0 Å². The number of hydrogen-bond donors (Lipinski definition) is 0. The fourth-order valence-corrected chi connectivity index (χ4v) is 1.44. The van der Waals surface area contributed by atoms with Crippen LogP contribution in [0.25, 0.3) is 0 Å². The second-order valence-corrected chi connectivity index (χ2v) is 3.80. The number of benzene rings is 1. The normalized spacial score (nSPS) is 14.1. The molecule has 0 aliphatic carbocycles. The summed E-state index contributed by atoms with van der Waals surface area (Å²) in [6.45, 7) is 7.67. The number of allylic oxidation sites excluding steroid dienone is 1. The van der Waals surface area contributed by atoms with Gasteiger partial charge in [0, 0.05) is 0 Å². The molecule has 1 aromatic rings. The molecule has 0 amide bonds. The summed E-state index contributed by atoms with van der Waals surface area (Å²) in [6.07, 6.45) is 2.48. The highest BCUT2D eigenvalue weighted by Gasteiger charge is 2.24. The summed E-state index contributed by atoms with van der Waals surface area (Å²) >= 11 is 0. The van der Waals surface area contributed by atoms with Gasteiger partial charge in [-0.1, -0.05) is 35.9 Å². The van der Waals surface area contributed by atoms with E-state index in [9.17, 15) is 0 Å². The number of aryl methyl sites for hydroxylation is 1. The maximum atomic E-state index is 9.14. The summed E-state index contributed by atoms with van der Waals surface area (Å²) < 4.78 is 0. The van der Waals surface area contributed by atoms with Crippen LogP contribution in [0.1, 0.15) is 24.5 Å². The van der Waals surface area contributed by atoms with E-state index >= 15 is 0 Å². The summed E-state index contributed by atoms with van der Waals surface area (Å²) in [4.78, 5) is 0. The summed E-state index contributed by atoms with van der Waals surface area (Å²) in [5, 5.41) is 9.14. The Hall–Kier alpha value is -1.55. The third-order valence-electron chi connectivity index (χ3n) is 2.49. The smallest absolute Gasteiger partial charge is 0.0828 e. The number of nitrogens with zero attached hydrogens (tertiary/aromatic N) is 1. The van der Waals surface area contributed by atoms with Gasteiger partial charge in [0.2, 0.25) is 0 Å². The van der Waals surface area contributed by atoms with Crippen LogP contribution in [-0.4, -0.2) is 0 Å². The van der Waals surface area contributed by atoms with E-state index in [-0.39, 0.29) is 0 Å². The molecule has 1 rings (SSSR count). The minimum atomic E-state index is -0.435. The van der Waals surface area contributed by atoms with Crippen molar-refractivity contribution in [1.29, 1.82) is 5.26 Å². The Morgan fingerprint density at radius 1 is 1.43 bits per heavy atom. The predicted molar refractivity (Wildman–Crippen MR) is 59.0 cm³/mol. The van der Waals surface area contributed by atoms with Crippen LogP contribution < -0.4 is 0 Å². The molecule has 1 atom stereocenters. The molecule has 1 heteroatoms. The lowest BCUT2D eigenvalue weighted by Gasteiger charge is -2.20. The van der Waals surface area contributed by atoms with E-state index in [2.05, 4.69) is 12.6 Å². The SMILES string of the molecule is C=CC[C@@](C)(C#N)c1ccc(C)cc1. The maximum absolute atomic E-state index is 9.14. The van der Waals surface area contributed by atoms with Crippen molar-refractivity contribution in [1.82, 2.24) is 0 Å². The zero-order chi connectivity index (χ0) is 10.6. The van der Waals surface area contributed by atoms with Crippen molar-refractivity contribution in [3.8, 4) is 6.07 Å². The molecule has 0 saturated heterocycles. The highest BCUT2D eigenvalue weighted by molar-refractivity contribution is 5.34. The zero-order valence-electron chi connectivity index (χ0n) is 8.75. The second-order valence-electron chi connectivity index (χ2n) is 3.80. The van der Waals surface area contributed by atoms with Gasteiger partial charge in [0.05, 0.1) is 11.5 Å². The van der Waals surface area contributed by atoms with E-state index in [1.165, 1.54) is 5.56 Å². The van der Waals surface area contributed by atoms with Crippen LogP contribution in [0.3, 0.4) is 0 Å². The molecule has 0 aliphatic heterocycles. The van der Waals surface area contributed by atoms with Gasteiger partial charge < -0.3 is 0 Å². The summed E-state index contributed by atoms with van der Waals surface area (Å²) in [5.74, 6) is 0. The molecule has 0 N–H and O–H groups in total. The average molecular weight is 185 g/mol. The Morgan fingerprint density at radius 3 is 2.43 bits per heavy atom. The summed E-state index contributed by atoms with van der Waals surface area (Å²) in [7, 11) is 0. The van der Waals surface area contributed by atoms with Gasteiger partial charge in [-0.3, -0.25) is 0 Å². The largest absolute Gasteiger partial charge is 0.197 e. The van der Waals surface area contributed by atoms with Gasteiger partial charge >= 0.3 is 0 Å². The van der Waals surface area contributed by atoms with Crippen LogP contribution in [0.4, 0.5) is 0 Å². The fraction of sp³-hybridized carbons (Fsp3) is 0.308. The molecule has 0 bridgehead atoms. The molecule has 0 aliphatic rings. The van der Waals surface area contributed by atoms with E-state index in [0.717, 1.165) is 5.56 Å². The first kappa shape index (κ1) is 10.5. The average Bonchev–Trinajstić information content (AvgIpc) is 2.19. The van der Waals surface area contributed by atoms with Crippen LogP contribution in [0, 0.1) is 18.3 Å². The fourth-order valence-electron chi connectivity index (χ4n) is 1.44. The Bertz CT molecular complexity index is 356. The van der Waals surface area contributed by atoms with Crippen molar-refractivity contribution >= 4 is 0 Å². The van der Waals surface area contributed by atoms with Crippen LogP contribution in [0.15, 0.2) is 36.9 Å². The van der Waals surface area contributed by atoms with E-state index in [0.29, 0.717) is 6.42 Å². The van der Waals surface area contributed by atoms with Gasteiger partial charge in [-0.2, -0.15) is 5.26 Å². The van der Waals surface area contributed by atoms with E-state index < -0.39 is 5.41 Å². The minimum Gasteiger partial charge on any atom is -0.197 e. The Balaban J connectivity index is 3.07. The van der Waals surface area contributed by atoms with Crippen LogP contribution in [-0.2, 0) is 5.41 Å². The molecular weight excluding hydrogens is 170 g/mol. The first-order valence-electron chi connectivity index (χ1n) is 4.72. The molecule has 0 unspecified atom stereocenters. The van der Waals surface area contributed by atoms with Crippen molar-refractivity contribution in [3.05, 3.63) is 48.0 Å². The minimum absolute atomic E-state index is 0.435. The molecule has 0 heterocycles. The van der Waals surface area contributed by atoms with Crippen molar-refractivity contribution in [3.63, 3.8) is 0 Å². The molecule has 1 aromatic carbocycles. The van der Waals surface area contributed by atoms with Crippen molar-refractivity contribution in [2.45, 2.75) is 25.7 Å². The lowest BCUT2D eigenvalue weighted by Crippen LogP contribution is -2.18. The standard InChI is InChI=1S/C13H15N/c1-4-9-13(3,10-14)12-7-5-11(2)6-8-12/h4-8H,1,9H2,2-3H3/t13-/m0/s1. The van der Waals surface area contributed by atoms with Crippen LogP contribution in [0.5, 0.6) is 0 Å².